The van der Waals surface area contributed by atoms with Gasteiger partial charge in [0.2, 0.25) is 5.75 Å². The third-order valence-electron chi connectivity index (χ3n) is 3.90. The first-order valence-electron chi connectivity index (χ1n) is 7.53. The molecule has 0 aromatic heterocycles. The maximum atomic E-state index is 12.4. The van der Waals surface area contributed by atoms with Gasteiger partial charge in [0, 0.05) is 19.7 Å². The van der Waals surface area contributed by atoms with Gasteiger partial charge in [-0.25, -0.2) is 14.5 Å². The zero-order chi connectivity index (χ0) is 19.0. The number of benzene rings is 1. The summed E-state index contributed by atoms with van der Waals surface area (Å²) in [5, 5.41) is 4.29. The molecule has 1 aromatic carbocycles. The van der Waals surface area contributed by atoms with Crippen LogP contribution in [0.15, 0.2) is 21.7 Å². The second-order valence-corrected chi connectivity index (χ2v) is 5.40. The standard InChI is InChI=1S/C16H17N5O5/c1-20-15(22)11-14(18-16(20)23)21(2)19-13(17-11)8-6-9(24-3)12(26-5)10(7-8)25-4/h6-7H,1-5H3. The quantitative estimate of drug-likeness (QED) is 0.643. The van der Waals surface area contributed by atoms with Crippen molar-refractivity contribution in [1.29, 1.82) is 0 Å². The summed E-state index contributed by atoms with van der Waals surface area (Å²) in [5.74, 6) is 1.63. The molecule has 3 rings (SSSR count). The van der Waals surface area contributed by atoms with Crippen molar-refractivity contribution in [2.75, 3.05) is 21.3 Å². The fourth-order valence-electron chi connectivity index (χ4n) is 2.53. The zero-order valence-corrected chi connectivity index (χ0v) is 14.9. The topological polar surface area (TPSA) is 110 Å². The van der Waals surface area contributed by atoms with Crippen molar-refractivity contribution < 1.29 is 14.2 Å². The van der Waals surface area contributed by atoms with Crippen LogP contribution < -0.4 is 25.5 Å². The van der Waals surface area contributed by atoms with Crippen molar-refractivity contribution in [2.24, 2.45) is 14.1 Å². The second-order valence-electron chi connectivity index (χ2n) is 5.40. The van der Waals surface area contributed by atoms with Crippen molar-refractivity contribution >= 4 is 0 Å². The predicted octanol–water partition coefficient (Wildman–Crippen LogP) is 0.0666. The van der Waals surface area contributed by atoms with Crippen LogP contribution in [0.1, 0.15) is 0 Å². The summed E-state index contributed by atoms with van der Waals surface area (Å²) >= 11 is 0. The lowest BCUT2D eigenvalue weighted by Crippen LogP contribution is -2.36. The number of aromatic nitrogens is 5. The van der Waals surface area contributed by atoms with E-state index in [0.717, 1.165) is 4.57 Å². The lowest BCUT2D eigenvalue weighted by atomic mass is 10.1. The molecule has 0 saturated carbocycles. The van der Waals surface area contributed by atoms with Gasteiger partial charge in [-0.05, 0) is 12.1 Å². The number of ether oxygens (including phenoxy) is 3. The van der Waals surface area contributed by atoms with Gasteiger partial charge in [-0.3, -0.25) is 9.36 Å². The minimum Gasteiger partial charge on any atom is -0.493 e. The molecular weight excluding hydrogens is 342 g/mol. The van der Waals surface area contributed by atoms with E-state index in [-0.39, 0.29) is 17.3 Å². The number of methoxy groups -OCH3 is 3. The predicted molar refractivity (Wildman–Crippen MR) is 92.0 cm³/mol. The second kappa shape index (κ2) is 6.47. The van der Waals surface area contributed by atoms with Crippen LogP contribution in [-0.4, -0.2) is 45.6 Å². The molecule has 0 atom stereocenters. The summed E-state index contributed by atoms with van der Waals surface area (Å²) in [5.41, 5.74) is -0.632. The van der Waals surface area contributed by atoms with Gasteiger partial charge in [-0.15, -0.1) is 0 Å². The summed E-state index contributed by atoms with van der Waals surface area (Å²) in [7, 11) is 7.42. The van der Waals surface area contributed by atoms with Crippen LogP contribution in [-0.2, 0) is 14.1 Å². The highest BCUT2D eigenvalue weighted by Gasteiger charge is 2.21. The number of hydrogen-bond donors (Lipinski definition) is 0. The van der Waals surface area contributed by atoms with Crippen LogP contribution in [0.25, 0.3) is 22.9 Å². The van der Waals surface area contributed by atoms with E-state index in [1.807, 2.05) is 0 Å². The monoisotopic (exact) mass is 359 g/mol. The molecule has 0 saturated heterocycles. The molecule has 0 radical (unpaired) electrons. The molecule has 2 heterocycles. The van der Waals surface area contributed by atoms with Crippen LogP contribution in [0.2, 0.25) is 0 Å². The Hall–Kier alpha value is -3.43. The van der Waals surface area contributed by atoms with Gasteiger partial charge >= 0.3 is 5.69 Å². The molecule has 0 aliphatic carbocycles. The molecule has 26 heavy (non-hydrogen) atoms. The summed E-state index contributed by atoms with van der Waals surface area (Å²) in [6.45, 7) is 0. The van der Waals surface area contributed by atoms with Gasteiger partial charge in [0.15, 0.2) is 28.8 Å². The van der Waals surface area contributed by atoms with Gasteiger partial charge in [0.1, 0.15) is 0 Å². The Morgan fingerprint density at radius 2 is 1.54 bits per heavy atom. The number of nitrogens with zero attached hydrogens (tertiary/aromatic N) is 5. The lowest BCUT2D eigenvalue weighted by Gasteiger charge is -2.15. The molecule has 1 aromatic rings. The van der Waals surface area contributed by atoms with Crippen LogP contribution in [0.4, 0.5) is 0 Å². The number of fused-ring (bicyclic) bond motifs is 1. The average molecular weight is 359 g/mol. The van der Waals surface area contributed by atoms with Gasteiger partial charge in [0.05, 0.1) is 21.3 Å². The molecular formula is C16H17N5O5. The zero-order valence-electron chi connectivity index (χ0n) is 14.9. The highest BCUT2D eigenvalue weighted by atomic mass is 16.5. The summed E-state index contributed by atoms with van der Waals surface area (Å²) in [6, 6.07) is 3.34. The Bertz CT molecular complexity index is 1050. The number of aryl methyl sites for hydroxylation is 1. The van der Waals surface area contributed by atoms with Gasteiger partial charge in [-0.2, -0.15) is 10.1 Å². The van der Waals surface area contributed by atoms with E-state index in [9.17, 15) is 9.59 Å². The van der Waals surface area contributed by atoms with E-state index in [2.05, 4.69) is 15.1 Å². The van der Waals surface area contributed by atoms with Crippen LogP contribution in [0, 0.1) is 0 Å². The van der Waals surface area contributed by atoms with E-state index in [1.165, 1.54) is 33.1 Å². The molecule has 2 aliphatic heterocycles. The lowest BCUT2D eigenvalue weighted by molar-refractivity contribution is 0.324. The van der Waals surface area contributed by atoms with E-state index in [1.54, 1.807) is 19.2 Å². The Balaban J connectivity index is 2.32. The fraction of sp³-hybridized carbons (Fsp3) is 0.312. The van der Waals surface area contributed by atoms with Gasteiger partial charge < -0.3 is 14.2 Å². The van der Waals surface area contributed by atoms with Gasteiger partial charge in [0.25, 0.3) is 5.56 Å². The SMILES string of the molecule is COc1cc(-c2nc3c(=O)n(C)c(=O)nc-3n(C)n2)cc(OC)c1OC. The van der Waals surface area contributed by atoms with Crippen molar-refractivity contribution in [2.45, 2.75) is 0 Å². The fourth-order valence-corrected chi connectivity index (χ4v) is 2.53. The van der Waals surface area contributed by atoms with Crippen LogP contribution >= 0.6 is 0 Å². The van der Waals surface area contributed by atoms with Crippen LogP contribution in [0.3, 0.4) is 0 Å². The first-order valence-corrected chi connectivity index (χ1v) is 7.53. The minimum absolute atomic E-state index is 0.0355. The molecule has 10 nitrogen and oxygen atoms in total. The molecule has 0 bridgehead atoms. The minimum atomic E-state index is -0.665. The van der Waals surface area contributed by atoms with E-state index in [0.29, 0.717) is 22.8 Å². The van der Waals surface area contributed by atoms with E-state index in [4.69, 9.17) is 14.2 Å². The largest absolute Gasteiger partial charge is 0.493 e. The highest BCUT2D eigenvalue weighted by Crippen LogP contribution is 2.40. The van der Waals surface area contributed by atoms with Crippen molar-refractivity contribution in [3.8, 4) is 40.2 Å². The molecule has 0 amide bonds. The smallest absolute Gasteiger partial charge is 0.352 e. The van der Waals surface area contributed by atoms with E-state index < -0.39 is 11.2 Å². The van der Waals surface area contributed by atoms with Crippen molar-refractivity contribution in [1.82, 2.24) is 24.3 Å². The molecule has 0 fully saturated rings. The Morgan fingerprint density at radius 1 is 0.923 bits per heavy atom. The Kier molecular flexibility index (Phi) is 4.33. The van der Waals surface area contributed by atoms with Crippen molar-refractivity contribution in [3.05, 3.63) is 33.0 Å². The third kappa shape index (κ3) is 2.65. The molecule has 10 heteroatoms. The normalized spacial score (nSPS) is 10.8. The number of hydrogen-bond acceptors (Lipinski definition) is 8. The third-order valence-corrected chi connectivity index (χ3v) is 3.90. The summed E-state index contributed by atoms with van der Waals surface area (Å²) < 4.78 is 18.2. The van der Waals surface area contributed by atoms with Crippen LogP contribution in [0.5, 0.6) is 17.2 Å². The summed E-state index contributed by atoms with van der Waals surface area (Å²) in [6.07, 6.45) is 0. The molecule has 0 spiro atoms. The maximum Gasteiger partial charge on any atom is 0.352 e. The Labute approximate surface area is 147 Å². The maximum absolute atomic E-state index is 12.4. The van der Waals surface area contributed by atoms with Crippen molar-refractivity contribution in [3.63, 3.8) is 0 Å². The molecule has 136 valence electrons. The summed E-state index contributed by atoms with van der Waals surface area (Å²) in [4.78, 5) is 32.3. The first-order chi connectivity index (χ1) is 12.4. The highest BCUT2D eigenvalue weighted by molar-refractivity contribution is 5.67. The Morgan fingerprint density at radius 3 is 2.08 bits per heavy atom. The molecule has 0 unspecified atom stereocenters. The average Bonchev–Trinajstić information content (AvgIpc) is 2.65. The van der Waals surface area contributed by atoms with E-state index >= 15 is 0 Å². The molecule has 0 N–H and O–H groups in total. The molecule has 2 aliphatic rings. The number of rotatable bonds is 4. The van der Waals surface area contributed by atoms with Gasteiger partial charge in [-0.1, -0.05) is 0 Å². The first kappa shape index (κ1) is 17.4.